The topological polar surface area (TPSA) is 77.2 Å². The van der Waals surface area contributed by atoms with Gasteiger partial charge in [0.15, 0.2) is 6.10 Å². The zero-order valence-corrected chi connectivity index (χ0v) is 15.2. The van der Waals surface area contributed by atoms with Gasteiger partial charge in [0.2, 0.25) is 12.3 Å². The van der Waals surface area contributed by atoms with Gasteiger partial charge in [0.05, 0.1) is 0 Å². The Morgan fingerprint density at radius 1 is 1.12 bits per heavy atom. The molecule has 0 fully saturated rings. The highest BCUT2D eigenvalue weighted by atomic mass is 16.5. The summed E-state index contributed by atoms with van der Waals surface area (Å²) in [5.41, 5.74) is 4.86. The van der Waals surface area contributed by atoms with Crippen LogP contribution in [0.15, 0.2) is 47.2 Å². The highest BCUT2D eigenvalue weighted by Crippen LogP contribution is 2.23. The summed E-state index contributed by atoms with van der Waals surface area (Å²) in [7, 11) is 0. The number of hydrogen-bond donors (Lipinski definition) is 1. The number of amides is 1. The van der Waals surface area contributed by atoms with E-state index in [-0.39, 0.29) is 5.91 Å². The van der Waals surface area contributed by atoms with Gasteiger partial charge >= 0.3 is 0 Å². The van der Waals surface area contributed by atoms with Gasteiger partial charge in [0, 0.05) is 11.3 Å². The molecule has 0 aliphatic rings. The van der Waals surface area contributed by atoms with Crippen LogP contribution in [-0.2, 0) is 4.79 Å². The van der Waals surface area contributed by atoms with E-state index in [9.17, 15) is 4.79 Å². The van der Waals surface area contributed by atoms with E-state index in [4.69, 9.17) is 9.15 Å². The van der Waals surface area contributed by atoms with Gasteiger partial charge < -0.3 is 14.5 Å². The summed E-state index contributed by atoms with van der Waals surface area (Å²) in [6, 6.07) is 11.2. The Bertz CT molecular complexity index is 880. The summed E-state index contributed by atoms with van der Waals surface area (Å²) in [5, 5.41) is 10.5. The third kappa shape index (κ3) is 3.91. The molecule has 1 atom stereocenters. The first-order valence-electron chi connectivity index (χ1n) is 8.36. The summed E-state index contributed by atoms with van der Waals surface area (Å²) in [4.78, 5) is 12.5. The quantitative estimate of drug-likeness (QED) is 0.750. The standard InChI is InChI=1S/C20H21N3O3/c1-12-9-13(2)18(14(3)10-12)22-19(24)15(4)26-17-7-5-16(6-8-17)20-23-21-11-25-20/h5-11,15H,1-4H3,(H,22,24)/t15-/m0/s1. The SMILES string of the molecule is Cc1cc(C)c(NC(=O)[C@H](C)Oc2ccc(-c3nnco3)cc2)c(C)c1. The molecule has 0 spiro atoms. The predicted molar refractivity (Wildman–Crippen MR) is 99.1 cm³/mol. The van der Waals surface area contributed by atoms with Crippen LogP contribution in [0.2, 0.25) is 0 Å². The fourth-order valence-corrected chi connectivity index (χ4v) is 2.83. The van der Waals surface area contributed by atoms with Crippen molar-refractivity contribution in [1.29, 1.82) is 0 Å². The van der Waals surface area contributed by atoms with Crippen molar-refractivity contribution < 1.29 is 13.9 Å². The number of benzene rings is 2. The number of rotatable bonds is 5. The lowest BCUT2D eigenvalue weighted by atomic mass is 10.0. The van der Waals surface area contributed by atoms with Crippen molar-refractivity contribution in [2.24, 2.45) is 0 Å². The Morgan fingerprint density at radius 3 is 2.35 bits per heavy atom. The third-order valence-electron chi connectivity index (χ3n) is 4.07. The maximum atomic E-state index is 12.5. The number of aromatic nitrogens is 2. The second-order valence-electron chi connectivity index (χ2n) is 6.29. The van der Waals surface area contributed by atoms with Gasteiger partial charge in [-0.3, -0.25) is 4.79 Å². The van der Waals surface area contributed by atoms with E-state index < -0.39 is 6.10 Å². The molecule has 0 aliphatic carbocycles. The molecular weight excluding hydrogens is 330 g/mol. The molecule has 26 heavy (non-hydrogen) atoms. The summed E-state index contributed by atoms with van der Waals surface area (Å²) in [5.74, 6) is 0.835. The number of nitrogens with zero attached hydrogens (tertiary/aromatic N) is 2. The molecule has 0 saturated heterocycles. The summed E-state index contributed by atoms with van der Waals surface area (Å²) >= 11 is 0. The summed E-state index contributed by atoms with van der Waals surface area (Å²) < 4.78 is 10.9. The number of nitrogens with one attached hydrogen (secondary N) is 1. The molecule has 6 heteroatoms. The van der Waals surface area contributed by atoms with Crippen molar-refractivity contribution in [2.45, 2.75) is 33.8 Å². The zero-order valence-electron chi connectivity index (χ0n) is 15.2. The van der Waals surface area contributed by atoms with E-state index in [1.807, 2.05) is 45.0 Å². The van der Waals surface area contributed by atoms with Gasteiger partial charge in [0.1, 0.15) is 5.75 Å². The maximum absolute atomic E-state index is 12.5. The molecule has 0 radical (unpaired) electrons. The van der Waals surface area contributed by atoms with Gasteiger partial charge in [-0.05, 0) is 63.1 Å². The van der Waals surface area contributed by atoms with Crippen molar-refractivity contribution in [1.82, 2.24) is 10.2 Å². The minimum absolute atomic E-state index is 0.193. The van der Waals surface area contributed by atoms with Gasteiger partial charge in [-0.15, -0.1) is 10.2 Å². The second-order valence-corrected chi connectivity index (χ2v) is 6.29. The molecule has 1 N–H and O–H groups in total. The van der Waals surface area contributed by atoms with Crippen molar-refractivity contribution in [2.75, 3.05) is 5.32 Å². The smallest absolute Gasteiger partial charge is 0.265 e. The van der Waals surface area contributed by atoms with Crippen LogP contribution in [0.1, 0.15) is 23.6 Å². The number of anilines is 1. The summed E-state index contributed by atoms with van der Waals surface area (Å²) in [6.45, 7) is 7.73. The number of ether oxygens (including phenoxy) is 1. The van der Waals surface area contributed by atoms with Gasteiger partial charge in [-0.25, -0.2) is 0 Å². The van der Waals surface area contributed by atoms with E-state index in [0.29, 0.717) is 11.6 Å². The molecule has 2 aromatic carbocycles. The molecule has 0 saturated carbocycles. The highest BCUT2D eigenvalue weighted by Gasteiger charge is 2.17. The van der Waals surface area contributed by atoms with Gasteiger partial charge in [-0.1, -0.05) is 17.7 Å². The van der Waals surface area contributed by atoms with E-state index in [1.54, 1.807) is 19.1 Å². The predicted octanol–water partition coefficient (Wildman–Crippen LogP) is 4.07. The molecular formula is C20H21N3O3. The van der Waals surface area contributed by atoms with Crippen LogP contribution in [0.5, 0.6) is 5.75 Å². The Morgan fingerprint density at radius 2 is 1.77 bits per heavy atom. The average molecular weight is 351 g/mol. The monoisotopic (exact) mass is 351 g/mol. The maximum Gasteiger partial charge on any atom is 0.265 e. The molecule has 134 valence electrons. The van der Waals surface area contributed by atoms with Crippen LogP contribution < -0.4 is 10.1 Å². The largest absolute Gasteiger partial charge is 0.481 e. The molecule has 1 heterocycles. The minimum Gasteiger partial charge on any atom is -0.481 e. The average Bonchev–Trinajstić information content (AvgIpc) is 3.13. The van der Waals surface area contributed by atoms with Crippen LogP contribution in [0.3, 0.4) is 0 Å². The van der Waals surface area contributed by atoms with E-state index >= 15 is 0 Å². The van der Waals surface area contributed by atoms with Gasteiger partial charge in [-0.2, -0.15) is 0 Å². The lowest BCUT2D eigenvalue weighted by Gasteiger charge is -2.17. The number of aryl methyl sites for hydroxylation is 3. The Kier molecular flexibility index (Phi) is 5.02. The zero-order chi connectivity index (χ0) is 18.7. The highest BCUT2D eigenvalue weighted by molar-refractivity contribution is 5.95. The molecule has 3 rings (SSSR count). The first-order chi connectivity index (χ1) is 12.4. The molecule has 6 nitrogen and oxygen atoms in total. The second kappa shape index (κ2) is 7.39. The summed E-state index contributed by atoms with van der Waals surface area (Å²) in [6.07, 6.45) is 0.644. The molecule has 3 aromatic rings. The molecule has 1 aromatic heterocycles. The normalized spacial score (nSPS) is 11.8. The lowest BCUT2D eigenvalue weighted by Crippen LogP contribution is -2.30. The number of carbonyl (C=O) groups is 1. The van der Waals surface area contributed by atoms with Crippen molar-refractivity contribution in [3.63, 3.8) is 0 Å². The van der Waals surface area contributed by atoms with E-state index in [2.05, 4.69) is 15.5 Å². The van der Waals surface area contributed by atoms with Crippen LogP contribution >= 0.6 is 0 Å². The number of carbonyl (C=O) groups excluding carboxylic acids is 1. The van der Waals surface area contributed by atoms with Crippen LogP contribution in [-0.4, -0.2) is 22.2 Å². The number of hydrogen-bond acceptors (Lipinski definition) is 5. The van der Waals surface area contributed by atoms with Crippen LogP contribution in [0, 0.1) is 20.8 Å². The third-order valence-corrected chi connectivity index (χ3v) is 4.07. The Labute approximate surface area is 152 Å². The molecule has 0 unspecified atom stereocenters. The Hall–Kier alpha value is -3.15. The Balaban J connectivity index is 1.66. The van der Waals surface area contributed by atoms with Gasteiger partial charge in [0.25, 0.3) is 5.91 Å². The first-order valence-corrected chi connectivity index (χ1v) is 8.36. The molecule has 1 amide bonds. The van der Waals surface area contributed by atoms with Crippen LogP contribution in [0.25, 0.3) is 11.5 Å². The molecule has 0 aliphatic heterocycles. The fraction of sp³-hybridized carbons (Fsp3) is 0.250. The fourth-order valence-electron chi connectivity index (χ4n) is 2.83. The lowest BCUT2D eigenvalue weighted by molar-refractivity contribution is -0.122. The van der Waals surface area contributed by atoms with Crippen LogP contribution in [0.4, 0.5) is 5.69 Å². The van der Waals surface area contributed by atoms with E-state index in [0.717, 1.165) is 22.4 Å². The minimum atomic E-state index is -0.635. The molecule has 0 bridgehead atoms. The first kappa shape index (κ1) is 17.7. The van der Waals surface area contributed by atoms with Crippen molar-refractivity contribution in [3.8, 4) is 17.2 Å². The van der Waals surface area contributed by atoms with E-state index in [1.165, 1.54) is 12.0 Å². The van der Waals surface area contributed by atoms with Crippen molar-refractivity contribution >= 4 is 11.6 Å². The van der Waals surface area contributed by atoms with Crippen molar-refractivity contribution in [3.05, 3.63) is 59.5 Å².